The summed E-state index contributed by atoms with van der Waals surface area (Å²) < 4.78 is 0. The van der Waals surface area contributed by atoms with E-state index in [2.05, 4.69) is 10.9 Å². The molecule has 0 fully saturated rings. The maximum absolute atomic E-state index is 5.50. The lowest BCUT2D eigenvalue weighted by Crippen LogP contribution is -2.08. The number of pyridine rings is 1. The van der Waals surface area contributed by atoms with Crippen molar-refractivity contribution in [2.24, 2.45) is 5.73 Å². The van der Waals surface area contributed by atoms with Gasteiger partial charge in [-0.05, 0) is 12.1 Å². The first-order valence-corrected chi connectivity index (χ1v) is 2.97. The molecule has 2 nitrogen and oxygen atoms in total. The SMILES string of the molecule is C#CC(N)c1ccccn1.Cl. The molecule has 0 aromatic carbocycles. The highest BCUT2D eigenvalue weighted by Gasteiger charge is 1.99. The highest BCUT2D eigenvalue weighted by Crippen LogP contribution is 2.02. The van der Waals surface area contributed by atoms with Gasteiger partial charge in [-0.15, -0.1) is 18.8 Å². The second-order valence-electron chi connectivity index (χ2n) is 1.90. The normalized spacial score (nSPS) is 10.9. The highest BCUT2D eigenvalue weighted by atomic mass is 35.5. The molecule has 0 spiro atoms. The average molecular weight is 169 g/mol. The van der Waals surface area contributed by atoms with Gasteiger partial charge in [0.1, 0.15) is 6.04 Å². The number of terminal acetylenes is 1. The van der Waals surface area contributed by atoms with Gasteiger partial charge in [-0.3, -0.25) is 4.98 Å². The van der Waals surface area contributed by atoms with Crippen LogP contribution in [0.3, 0.4) is 0 Å². The predicted molar refractivity (Wildman–Crippen MR) is 47.2 cm³/mol. The Hall–Kier alpha value is -1.04. The summed E-state index contributed by atoms with van der Waals surface area (Å²) >= 11 is 0. The molecule has 1 heterocycles. The molecule has 1 rings (SSSR count). The standard InChI is InChI=1S/C8H8N2.ClH/c1-2-7(9)8-5-3-4-6-10-8;/h1,3-7H,9H2;1H. The Kier molecular flexibility index (Phi) is 4.28. The first-order valence-electron chi connectivity index (χ1n) is 2.97. The Morgan fingerprint density at radius 1 is 1.55 bits per heavy atom. The summed E-state index contributed by atoms with van der Waals surface area (Å²) in [5, 5.41) is 0. The van der Waals surface area contributed by atoms with Gasteiger partial charge in [0.05, 0.1) is 5.69 Å². The van der Waals surface area contributed by atoms with Crippen LogP contribution in [0.4, 0.5) is 0 Å². The Bertz CT molecular complexity index is 240. The monoisotopic (exact) mass is 168 g/mol. The molecule has 58 valence electrons. The maximum atomic E-state index is 5.50. The smallest absolute Gasteiger partial charge is 0.109 e. The van der Waals surface area contributed by atoms with Gasteiger partial charge in [0.15, 0.2) is 0 Å². The topological polar surface area (TPSA) is 38.9 Å². The fourth-order valence-corrected chi connectivity index (χ4v) is 0.645. The quantitative estimate of drug-likeness (QED) is 0.639. The van der Waals surface area contributed by atoms with Crippen molar-refractivity contribution in [2.45, 2.75) is 6.04 Å². The summed E-state index contributed by atoms with van der Waals surface area (Å²) in [4.78, 5) is 3.98. The summed E-state index contributed by atoms with van der Waals surface area (Å²) in [6.07, 6.45) is 6.76. The van der Waals surface area contributed by atoms with Crippen LogP contribution >= 0.6 is 12.4 Å². The Labute approximate surface area is 72.2 Å². The number of hydrogen-bond donors (Lipinski definition) is 1. The van der Waals surface area contributed by atoms with Crippen LogP contribution in [0.25, 0.3) is 0 Å². The lowest BCUT2D eigenvalue weighted by Gasteiger charge is -2.00. The summed E-state index contributed by atoms with van der Waals surface area (Å²) in [6.45, 7) is 0. The molecule has 1 aromatic heterocycles. The molecule has 0 radical (unpaired) electrons. The van der Waals surface area contributed by atoms with Crippen LogP contribution in [0.5, 0.6) is 0 Å². The van der Waals surface area contributed by atoms with Crippen molar-refractivity contribution in [1.29, 1.82) is 0 Å². The van der Waals surface area contributed by atoms with Crippen molar-refractivity contribution in [3.05, 3.63) is 30.1 Å². The zero-order valence-corrected chi connectivity index (χ0v) is 6.71. The van der Waals surface area contributed by atoms with Gasteiger partial charge in [0.2, 0.25) is 0 Å². The van der Waals surface area contributed by atoms with E-state index in [9.17, 15) is 0 Å². The van der Waals surface area contributed by atoms with Crippen LogP contribution in [0.15, 0.2) is 24.4 Å². The number of hydrogen-bond acceptors (Lipinski definition) is 2. The van der Waals surface area contributed by atoms with Gasteiger partial charge >= 0.3 is 0 Å². The number of rotatable bonds is 1. The predicted octanol–water partition coefficient (Wildman–Crippen LogP) is 1.14. The second kappa shape index (κ2) is 4.73. The number of halogens is 1. The number of aromatic nitrogens is 1. The van der Waals surface area contributed by atoms with Gasteiger partial charge in [0.25, 0.3) is 0 Å². The second-order valence-corrected chi connectivity index (χ2v) is 1.90. The van der Waals surface area contributed by atoms with Gasteiger partial charge in [-0.2, -0.15) is 0 Å². The summed E-state index contributed by atoms with van der Waals surface area (Å²) in [5.41, 5.74) is 6.24. The van der Waals surface area contributed by atoms with Crippen LogP contribution < -0.4 is 5.73 Å². The van der Waals surface area contributed by atoms with E-state index < -0.39 is 0 Å². The van der Waals surface area contributed by atoms with Crippen LogP contribution in [-0.4, -0.2) is 4.98 Å². The van der Waals surface area contributed by atoms with Crippen LogP contribution in [0.1, 0.15) is 11.7 Å². The molecule has 0 saturated heterocycles. The minimum absolute atomic E-state index is 0. The third-order valence-electron chi connectivity index (χ3n) is 1.19. The average Bonchev–Trinajstić information content (AvgIpc) is 2.05. The Balaban J connectivity index is 0.000001000. The lowest BCUT2D eigenvalue weighted by molar-refractivity contribution is 0.891. The Morgan fingerprint density at radius 2 is 2.27 bits per heavy atom. The first-order chi connectivity index (χ1) is 4.84. The number of nitrogens with two attached hydrogens (primary N) is 1. The molecule has 0 aliphatic carbocycles. The van der Waals surface area contributed by atoms with Crippen LogP contribution in [0, 0.1) is 12.3 Å². The molecule has 1 unspecified atom stereocenters. The van der Waals surface area contributed by atoms with E-state index in [0.717, 1.165) is 5.69 Å². The molecule has 3 heteroatoms. The van der Waals surface area contributed by atoms with Crippen molar-refractivity contribution in [1.82, 2.24) is 4.98 Å². The molecule has 0 saturated carbocycles. The van der Waals surface area contributed by atoms with E-state index in [1.807, 2.05) is 18.2 Å². The van der Waals surface area contributed by atoms with Gasteiger partial charge in [0, 0.05) is 6.20 Å². The van der Waals surface area contributed by atoms with Gasteiger partial charge in [-0.1, -0.05) is 12.0 Å². The maximum Gasteiger partial charge on any atom is 0.109 e. The largest absolute Gasteiger partial charge is 0.313 e. The van der Waals surface area contributed by atoms with Gasteiger partial charge in [-0.25, -0.2) is 0 Å². The molecule has 0 aliphatic rings. The molecule has 0 bridgehead atoms. The van der Waals surface area contributed by atoms with Crippen LogP contribution in [-0.2, 0) is 0 Å². The van der Waals surface area contributed by atoms with E-state index in [-0.39, 0.29) is 18.4 Å². The van der Waals surface area contributed by atoms with E-state index in [1.54, 1.807) is 6.20 Å². The fraction of sp³-hybridized carbons (Fsp3) is 0.125. The number of nitrogens with zero attached hydrogens (tertiary/aromatic N) is 1. The van der Waals surface area contributed by atoms with Crippen molar-refractivity contribution < 1.29 is 0 Å². The molecule has 11 heavy (non-hydrogen) atoms. The molecule has 0 aliphatic heterocycles. The van der Waals surface area contributed by atoms with Crippen molar-refractivity contribution >= 4 is 12.4 Å². The minimum atomic E-state index is -0.374. The Morgan fingerprint density at radius 3 is 2.73 bits per heavy atom. The molecule has 0 amide bonds. The van der Waals surface area contributed by atoms with Crippen molar-refractivity contribution in [3.8, 4) is 12.3 Å². The zero-order valence-electron chi connectivity index (χ0n) is 5.90. The molecular weight excluding hydrogens is 160 g/mol. The molecule has 2 N–H and O–H groups in total. The molecule has 1 atom stereocenters. The molecular formula is C8H9ClN2. The van der Waals surface area contributed by atoms with E-state index in [1.165, 1.54) is 0 Å². The van der Waals surface area contributed by atoms with Crippen LogP contribution in [0.2, 0.25) is 0 Å². The van der Waals surface area contributed by atoms with E-state index >= 15 is 0 Å². The first kappa shape index (κ1) is 9.96. The van der Waals surface area contributed by atoms with Crippen molar-refractivity contribution in [3.63, 3.8) is 0 Å². The lowest BCUT2D eigenvalue weighted by atomic mass is 10.2. The summed E-state index contributed by atoms with van der Waals surface area (Å²) in [7, 11) is 0. The van der Waals surface area contributed by atoms with Gasteiger partial charge < -0.3 is 5.73 Å². The third kappa shape index (κ3) is 2.58. The van der Waals surface area contributed by atoms with Crippen molar-refractivity contribution in [2.75, 3.05) is 0 Å². The zero-order chi connectivity index (χ0) is 7.40. The summed E-state index contributed by atoms with van der Waals surface area (Å²) in [6, 6.07) is 5.12. The summed E-state index contributed by atoms with van der Waals surface area (Å²) in [5.74, 6) is 2.40. The van der Waals surface area contributed by atoms with E-state index in [0.29, 0.717) is 0 Å². The third-order valence-corrected chi connectivity index (χ3v) is 1.19. The minimum Gasteiger partial charge on any atom is -0.313 e. The fourth-order valence-electron chi connectivity index (χ4n) is 0.645. The van der Waals surface area contributed by atoms with E-state index in [4.69, 9.17) is 12.2 Å². The highest BCUT2D eigenvalue weighted by molar-refractivity contribution is 5.85. The molecule has 1 aromatic rings.